The Hall–Kier alpha value is -2.54. The van der Waals surface area contributed by atoms with Crippen LogP contribution in [0.2, 0.25) is 0 Å². The van der Waals surface area contributed by atoms with E-state index >= 15 is 0 Å². The summed E-state index contributed by atoms with van der Waals surface area (Å²) in [6.45, 7) is 8.35. The van der Waals surface area contributed by atoms with Gasteiger partial charge in [-0.05, 0) is 68.0 Å². The predicted octanol–water partition coefficient (Wildman–Crippen LogP) is 4.11. The van der Waals surface area contributed by atoms with Crippen molar-refractivity contribution in [2.45, 2.75) is 52.6 Å². The molecule has 0 radical (unpaired) electrons. The van der Waals surface area contributed by atoms with E-state index in [1.807, 2.05) is 50.2 Å². The summed E-state index contributed by atoms with van der Waals surface area (Å²) in [6.07, 6.45) is 2.78. The molecule has 2 rings (SSSR count). The minimum atomic E-state index is -3.58. The van der Waals surface area contributed by atoms with Crippen LogP contribution in [-0.2, 0) is 21.2 Å². The lowest BCUT2D eigenvalue weighted by Crippen LogP contribution is -2.40. The largest absolute Gasteiger partial charge is 0.491 e. The number of hydrogen-bond donors (Lipinski definition) is 1. The zero-order valence-corrected chi connectivity index (χ0v) is 19.9. The van der Waals surface area contributed by atoms with E-state index in [-0.39, 0.29) is 18.6 Å². The van der Waals surface area contributed by atoms with Crippen LogP contribution in [0.15, 0.2) is 48.5 Å². The molecule has 0 aliphatic carbocycles. The summed E-state index contributed by atoms with van der Waals surface area (Å²) >= 11 is 0. The standard InChI is InChI=1S/C24H34N2O4S/c1-18(2)21-11-13-22(14-12-21)26(31(5,28)29)17-24(27)25-15-7-9-20-8-6-10-23(16-20)30-19(3)4/h6,8,10-14,16,18-19H,7,9,15,17H2,1-5H3,(H,25,27). The van der Waals surface area contributed by atoms with Crippen LogP contribution in [0.4, 0.5) is 5.69 Å². The third-order valence-electron chi connectivity index (χ3n) is 4.77. The maximum absolute atomic E-state index is 12.4. The van der Waals surface area contributed by atoms with Crippen molar-refractivity contribution >= 4 is 21.6 Å². The fourth-order valence-electron chi connectivity index (χ4n) is 3.18. The maximum atomic E-state index is 12.4. The molecular weight excluding hydrogens is 412 g/mol. The Labute approximate surface area is 186 Å². The van der Waals surface area contributed by atoms with Crippen molar-refractivity contribution in [3.8, 4) is 5.75 Å². The van der Waals surface area contributed by atoms with Crippen LogP contribution in [0.5, 0.6) is 5.75 Å². The molecule has 0 unspecified atom stereocenters. The molecule has 170 valence electrons. The van der Waals surface area contributed by atoms with Crippen molar-refractivity contribution in [3.05, 3.63) is 59.7 Å². The SMILES string of the molecule is CC(C)Oc1cccc(CCCNC(=O)CN(c2ccc(C(C)C)cc2)S(C)(=O)=O)c1. The third kappa shape index (κ3) is 8.25. The van der Waals surface area contributed by atoms with Crippen LogP contribution < -0.4 is 14.4 Å². The lowest BCUT2D eigenvalue weighted by Gasteiger charge is -2.22. The molecule has 0 aliphatic rings. The average molecular weight is 447 g/mol. The van der Waals surface area contributed by atoms with Gasteiger partial charge in [0.1, 0.15) is 12.3 Å². The van der Waals surface area contributed by atoms with Gasteiger partial charge in [0.25, 0.3) is 0 Å². The van der Waals surface area contributed by atoms with Gasteiger partial charge in [0.05, 0.1) is 18.0 Å². The molecule has 0 aliphatic heterocycles. The van der Waals surface area contributed by atoms with Gasteiger partial charge in [0.2, 0.25) is 15.9 Å². The minimum Gasteiger partial charge on any atom is -0.491 e. The zero-order valence-electron chi connectivity index (χ0n) is 19.1. The van der Waals surface area contributed by atoms with Crippen LogP contribution >= 0.6 is 0 Å². The van der Waals surface area contributed by atoms with Crippen LogP contribution in [0.25, 0.3) is 0 Å². The van der Waals surface area contributed by atoms with Gasteiger partial charge in [0, 0.05) is 6.54 Å². The Morgan fingerprint density at radius 3 is 2.32 bits per heavy atom. The van der Waals surface area contributed by atoms with E-state index in [9.17, 15) is 13.2 Å². The van der Waals surface area contributed by atoms with E-state index in [1.54, 1.807) is 12.1 Å². The molecule has 31 heavy (non-hydrogen) atoms. The molecular formula is C24H34N2O4S. The minimum absolute atomic E-state index is 0.119. The Morgan fingerprint density at radius 2 is 1.74 bits per heavy atom. The number of carbonyl (C=O) groups is 1. The normalized spacial score (nSPS) is 11.6. The second kappa shape index (κ2) is 11.2. The van der Waals surface area contributed by atoms with Crippen LogP contribution in [-0.4, -0.2) is 39.8 Å². The molecule has 1 N–H and O–H groups in total. The number of nitrogens with zero attached hydrogens (tertiary/aromatic N) is 1. The number of benzene rings is 2. The highest BCUT2D eigenvalue weighted by molar-refractivity contribution is 7.92. The van der Waals surface area contributed by atoms with Crippen LogP contribution in [0.3, 0.4) is 0 Å². The summed E-state index contributed by atoms with van der Waals surface area (Å²) in [4.78, 5) is 12.4. The smallest absolute Gasteiger partial charge is 0.240 e. The molecule has 6 nitrogen and oxygen atoms in total. The predicted molar refractivity (Wildman–Crippen MR) is 126 cm³/mol. The van der Waals surface area contributed by atoms with Gasteiger partial charge < -0.3 is 10.1 Å². The average Bonchev–Trinajstić information content (AvgIpc) is 2.68. The van der Waals surface area contributed by atoms with Gasteiger partial charge in [-0.1, -0.05) is 38.1 Å². The topological polar surface area (TPSA) is 75.7 Å². The van der Waals surface area contributed by atoms with E-state index in [1.165, 1.54) is 0 Å². The first-order valence-electron chi connectivity index (χ1n) is 10.7. The van der Waals surface area contributed by atoms with Gasteiger partial charge in [-0.25, -0.2) is 8.42 Å². The fraction of sp³-hybridized carbons (Fsp3) is 0.458. The summed E-state index contributed by atoms with van der Waals surface area (Å²) < 4.78 is 31.3. The van der Waals surface area contributed by atoms with Crippen molar-refractivity contribution in [2.75, 3.05) is 23.7 Å². The first kappa shape index (κ1) is 24.7. The zero-order chi connectivity index (χ0) is 23.0. The summed E-state index contributed by atoms with van der Waals surface area (Å²) in [5.74, 6) is 0.862. The molecule has 0 spiro atoms. The van der Waals surface area contributed by atoms with Crippen molar-refractivity contribution in [3.63, 3.8) is 0 Å². The van der Waals surface area contributed by atoms with E-state index in [0.29, 0.717) is 18.2 Å². The van der Waals surface area contributed by atoms with Gasteiger partial charge >= 0.3 is 0 Å². The van der Waals surface area contributed by atoms with Gasteiger partial charge in [-0.2, -0.15) is 0 Å². The number of nitrogens with one attached hydrogen (secondary N) is 1. The Bertz CT molecular complexity index is 954. The quantitative estimate of drug-likeness (QED) is 0.527. The van der Waals surface area contributed by atoms with Crippen molar-refractivity contribution in [1.29, 1.82) is 0 Å². The second-order valence-corrected chi connectivity index (χ2v) is 10.2. The van der Waals surface area contributed by atoms with Crippen molar-refractivity contribution in [2.24, 2.45) is 0 Å². The lowest BCUT2D eigenvalue weighted by molar-refractivity contribution is -0.119. The summed E-state index contributed by atoms with van der Waals surface area (Å²) in [5, 5.41) is 2.83. The molecule has 0 fully saturated rings. The highest BCUT2D eigenvalue weighted by Crippen LogP contribution is 2.22. The third-order valence-corrected chi connectivity index (χ3v) is 5.91. The van der Waals surface area contributed by atoms with Crippen LogP contribution in [0, 0.1) is 0 Å². The number of amides is 1. The van der Waals surface area contributed by atoms with E-state index in [2.05, 4.69) is 19.2 Å². The molecule has 0 saturated carbocycles. The van der Waals surface area contributed by atoms with Gasteiger partial charge in [-0.3, -0.25) is 9.10 Å². The molecule has 2 aromatic rings. The molecule has 1 amide bonds. The van der Waals surface area contributed by atoms with Crippen molar-refractivity contribution < 1.29 is 17.9 Å². The van der Waals surface area contributed by atoms with Crippen LogP contribution in [0.1, 0.15) is 51.2 Å². The number of anilines is 1. The fourth-order valence-corrected chi connectivity index (χ4v) is 4.04. The highest BCUT2D eigenvalue weighted by atomic mass is 32.2. The second-order valence-electron chi connectivity index (χ2n) is 8.28. The van der Waals surface area contributed by atoms with E-state index < -0.39 is 10.0 Å². The Morgan fingerprint density at radius 1 is 1.06 bits per heavy atom. The molecule has 7 heteroatoms. The van der Waals surface area contributed by atoms with E-state index in [4.69, 9.17) is 4.74 Å². The maximum Gasteiger partial charge on any atom is 0.240 e. The monoisotopic (exact) mass is 446 g/mol. The Kier molecular flexibility index (Phi) is 8.92. The number of ether oxygens (including phenoxy) is 1. The summed E-state index contributed by atoms with van der Waals surface area (Å²) in [7, 11) is -3.58. The van der Waals surface area contributed by atoms with E-state index in [0.717, 1.165) is 40.3 Å². The molecule has 0 atom stereocenters. The number of aryl methyl sites for hydroxylation is 1. The summed E-state index contributed by atoms with van der Waals surface area (Å²) in [6, 6.07) is 15.2. The van der Waals surface area contributed by atoms with Gasteiger partial charge in [-0.15, -0.1) is 0 Å². The molecule has 0 saturated heterocycles. The van der Waals surface area contributed by atoms with Gasteiger partial charge in [0.15, 0.2) is 0 Å². The number of rotatable bonds is 11. The first-order valence-corrected chi connectivity index (χ1v) is 12.5. The molecule has 0 heterocycles. The molecule has 0 bridgehead atoms. The number of carbonyl (C=O) groups excluding carboxylic acids is 1. The lowest BCUT2D eigenvalue weighted by atomic mass is 10.0. The highest BCUT2D eigenvalue weighted by Gasteiger charge is 2.20. The molecule has 2 aromatic carbocycles. The molecule has 0 aromatic heterocycles. The Balaban J connectivity index is 1.89. The number of sulfonamides is 1. The van der Waals surface area contributed by atoms with Crippen molar-refractivity contribution in [1.82, 2.24) is 5.32 Å². The summed E-state index contributed by atoms with van der Waals surface area (Å²) in [5.41, 5.74) is 2.74. The number of hydrogen-bond acceptors (Lipinski definition) is 4. The first-order chi connectivity index (χ1) is 14.6.